The molecule has 0 aliphatic rings. The number of nitrogens with zero attached hydrogens (tertiary/aromatic N) is 3. The molecule has 126 valence electrons. The van der Waals surface area contributed by atoms with E-state index < -0.39 is 0 Å². The second kappa shape index (κ2) is 6.64. The second-order valence-electron chi connectivity index (χ2n) is 5.74. The molecule has 1 aromatic heterocycles. The lowest BCUT2D eigenvalue weighted by Crippen LogP contribution is -2.00. The Bertz CT molecular complexity index is 994. The van der Waals surface area contributed by atoms with E-state index in [9.17, 15) is 10.2 Å². The predicted molar refractivity (Wildman–Crippen MR) is 99.5 cm³/mol. The van der Waals surface area contributed by atoms with E-state index in [0.29, 0.717) is 23.0 Å². The zero-order chi connectivity index (χ0) is 17.9. The van der Waals surface area contributed by atoms with Crippen LogP contribution in [0.25, 0.3) is 34.2 Å². The van der Waals surface area contributed by atoms with Gasteiger partial charge in [0.15, 0.2) is 17.5 Å². The van der Waals surface area contributed by atoms with Gasteiger partial charge in [0.2, 0.25) is 0 Å². The maximum Gasteiger partial charge on any atom is 0.167 e. The van der Waals surface area contributed by atoms with Crippen molar-refractivity contribution in [1.82, 2.24) is 15.0 Å². The molecule has 0 aliphatic carbocycles. The van der Waals surface area contributed by atoms with Crippen molar-refractivity contribution >= 4 is 0 Å². The summed E-state index contributed by atoms with van der Waals surface area (Å²) in [5.41, 5.74) is 2.03. The highest BCUT2D eigenvalue weighted by molar-refractivity contribution is 5.70. The summed E-state index contributed by atoms with van der Waals surface area (Å²) in [5.74, 6) is 1.31. The zero-order valence-electron chi connectivity index (χ0n) is 13.7. The number of aromatic hydroxyl groups is 2. The highest BCUT2D eigenvalue weighted by Gasteiger charge is 2.14. The summed E-state index contributed by atoms with van der Waals surface area (Å²) < 4.78 is 0. The zero-order valence-corrected chi connectivity index (χ0v) is 13.7. The van der Waals surface area contributed by atoms with Crippen LogP contribution in [0.4, 0.5) is 0 Å². The van der Waals surface area contributed by atoms with Gasteiger partial charge in [-0.25, -0.2) is 15.0 Å². The third kappa shape index (κ3) is 3.10. The molecule has 0 fully saturated rings. The molecular weight excluding hydrogens is 326 g/mol. The average molecular weight is 341 g/mol. The Hall–Kier alpha value is -3.73. The van der Waals surface area contributed by atoms with E-state index in [4.69, 9.17) is 0 Å². The molecule has 0 spiro atoms. The number of hydrogen-bond donors (Lipinski definition) is 2. The first-order chi connectivity index (χ1) is 12.7. The van der Waals surface area contributed by atoms with Gasteiger partial charge < -0.3 is 10.2 Å². The van der Waals surface area contributed by atoms with E-state index in [2.05, 4.69) is 15.0 Å². The van der Waals surface area contributed by atoms with Crippen molar-refractivity contribution in [3.05, 3.63) is 78.9 Å². The standard InChI is InChI=1S/C21H15N3O2/c25-16-11-12-18(26)17(13-16)21-23-19(14-7-3-1-4-8-14)22-20(24-21)15-9-5-2-6-10-15/h1-13,25-26H. The minimum Gasteiger partial charge on any atom is -0.508 e. The molecule has 0 aliphatic heterocycles. The quantitative estimate of drug-likeness (QED) is 0.544. The molecule has 0 amide bonds. The summed E-state index contributed by atoms with van der Waals surface area (Å²) in [6.07, 6.45) is 0. The van der Waals surface area contributed by atoms with Crippen molar-refractivity contribution in [1.29, 1.82) is 0 Å². The molecule has 4 rings (SSSR count). The number of phenols is 2. The maximum absolute atomic E-state index is 10.2. The fraction of sp³-hybridized carbons (Fsp3) is 0. The summed E-state index contributed by atoms with van der Waals surface area (Å²) >= 11 is 0. The van der Waals surface area contributed by atoms with Crippen molar-refractivity contribution in [2.24, 2.45) is 0 Å². The molecule has 0 radical (unpaired) electrons. The third-order valence-electron chi connectivity index (χ3n) is 3.92. The van der Waals surface area contributed by atoms with Crippen molar-refractivity contribution in [3.8, 4) is 45.7 Å². The number of hydrogen-bond acceptors (Lipinski definition) is 5. The van der Waals surface area contributed by atoms with Crippen molar-refractivity contribution in [2.75, 3.05) is 0 Å². The Kier molecular flexibility index (Phi) is 4.03. The molecule has 0 bridgehead atoms. The molecule has 5 nitrogen and oxygen atoms in total. The third-order valence-corrected chi connectivity index (χ3v) is 3.92. The molecule has 5 heteroatoms. The van der Waals surface area contributed by atoms with Crippen LogP contribution in [-0.2, 0) is 0 Å². The second-order valence-corrected chi connectivity index (χ2v) is 5.74. The highest BCUT2D eigenvalue weighted by Crippen LogP contribution is 2.32. The van der Waals surface area contributed by atoms with E-state index in [1.807, 2.05) is 60.7 Å². The van der Waals surface area contributed by atoms with E-state index >= 15 is 0 Å². The summed E-state index contributed by atoms with van der Waals surface area (Å²) in [7, 11) is 0. The number of aromatic nitrogens is 3. The lowest BCUT2D eigenvalue weighted by molar-refractivity contribution is 0.461. The summed E-state index contributed by atoms with van der Waals surface area (Å²) in [6, 6.07) is 23.4. The fourth-order valence-corrected chi connectivity index (χ4v) is 2.63. The van der Waals surface area contributed by atoms with Crippen LogP contribution in [0.3, 0.4) is 0 Å². The van der Waals surface area contributed by atoms with Gasteiger partial charge in [-0.1, -0.05) is 60.7 Å². The molecule has 0 saturated heterocycles. The summed E-state index contributed by atoms with van der Waals surface area (Å²) in [5, 5.41) is 20.0. The largest absolute Gasteiger partial charge is 0.508 e. The van der Waals surface area contributed by atoms with Gasteiger partial charge in [-0.3, -0.25) is 0 Å². The van der Waals surface area contributed by atoms with Crippen LogP contribution in [0.15, 0.2) is 78.9 Å². The lowest BCUT2D eigenvalue weighted by atomic mass is 10.1. The first-order valence-electron chi connectivity index (χ1n) is 8.10. The monoisotopic (exact) mass is 341 g/mol. The maximum atomic E-state index is 10.2. The molecule has 26 heavy (non-hydrogen) atoms. The van der Waals surface area contributed by atoms with Gasteiger partial charge in [0.25, 0.3) is 0 Å². The highest BCUT2D eigenvalue weighted by atomic mass is 16.3. The van der Waals surface area contributed by atoms with Crippen LogP contribution < -0.4 is 0 Å². The van der Waals surface area contributed by atoms with Crippen molar-refractivity contribution < 1.29 is 10.2 Å². The van der Waals surface area contributed by atoms with Crippen LogP contribution in [-0.4, -0.2) is 25.2 Å². The van der Waals surface area contributed by atoms with E-state index in [-0.39, 0.29) is 11.5 Å². The van der Waals surface area contributed by atoms with Crippen molar-refractivity contribution in [3.63, 3.8) is 0 Å². The first kappa shape index (κ1) is 15.8. The SMILES string of the molecule is Oc1ccc(O)c(-c2nc(-c3ccccc3)nc(-c3ccccc3)n2)c1. The van der Waals surface area contributed by atoms with Gasteiger partial charge in [0.05, 0.1) is 5.56 Å². The van der Waals surface area contributed by atoms with Gasteiger partial charge in [0, 0.05) is 11.1 Å². The minimum absolute atomic E-state index is 0.00739. The topological polar surface area (TPSA) is 79.1 Å². The Morgan fingerprint density at radius 1 is 0.538 bits per heavy atom. The number of rotatable bonds is 3. The smallest absolute Gasteiger partial charge is 0.167 e. The van der Waals surface area contributed by atoms with Crippen LogP contribution in [0.2, 0.25) is 0 Å². The van der Waals surface area contributed by atoms with Crippen molar-refractivity contribution in [2.45, 2.75) is 0 Å². The molecule has 3 aromatic carbocycles. The van der Waals surface area contributed by atoms with Gasteiger partial charge in [0.1, 0.15) is 11.5 Å². The van der Waals surface area contributed by atoms with Crippen LogP contribution >= 0.6 is 0 Å². The molecule has 0 unspecified atom stereocenters. The van der Waals surface area contributed by atoms with Gasteiger partial charge >= 0.3 is 0 Å². The van der Waals surface area contributed by atoms with Crippen LogP contribution in [0, 0.1) is 0 Å². The first-order valence-corrected chi connectivity index (χ1v) is 8.10. The molecule has 1 heterocycles. The average Bonchev–Trinajstić information content (AvgIpc) is 2.71. The van der Waals surface area contributed by atoms with E-state index in [0.717, 1.165) is 11.1 Å². The number of benzene rings is 3. The Morgan fingerprint density at radius 3 is 1.58 bits per heavy atom. The Morgan fingerprint density at radius 2 is 1.04 bits per heavy atom. The Labute approximate surface area is 150 Å². The Balaban J connectivity index is 1.95. The van der Waals surface area contributed by atoms with Crippen LogP contribution in [0.5, 0.6) is 11.5 Å². The summed E-state index contributed by atoms with van der Waals surface area (Å²) in [6.45, 7) is 0. The van der Waals surface area contributed by atoms with Crippen LogP contribution in [0.1, 0.15) is 0 Å². The lowest BCUT2D eigenvalue weighted by Gasteiger charge is -2.09. The normalized spacial score (nSPS) is 10.6. The van der Waals surface area contributed by atoms with Gasteiger partial charge in [-0.15, -0.1) is 0 Å². The fourth-order valence-electron chi connectivity index (χ4n) is 2.63. The molecule has 2 N–H and O–H groups in total. The molecular formula is C21H15N3O2. The van der Waals surface area contributed by atoms with E-state index in [1.54, 1.807) is 0 Å². The molecule has 4 aromatic rings. The summed E-state index contributed by atoms with van der Waals surface area (Å²) in [4.78, 5) is 13.6. The van der Waals surface area contributed by atoms with E-state index in [1.165, 1.54) is 18.2 Å². The molecule has 0 atom stereocenters. The minimum atomic E-state index is -0.00739. The van der Waals surface area contributed by atoms with Gasteiger partial charge in [-0.05, 0) is 18.2 Å². The number of phenolic OH excluding ortho intramolecular Hbond substituents is 2. The molecule has 0 saturated carbocycles. The predicted octanol–water partition coefficient (Wildman–Crippen LogP) is 4.28. The van der Waals surface area contributed by atoms with Gasteiger partial charge in [-0.2, -0.15) is 0 Å².